The number of aromatic nitrogens is 2. The SMILES string of the molecule is O=C1CCc2cnn(-c3ccccc3)c2N1c1ccccc1. The first kappa shape index (κ1) is 12.8. The first-order chi connectivity index (χ1) is 10.8. The summed E-state index contributed by atoms with van der Waals surface area (Å²) >= 11 is 0. The predicted molar refractivity (Wildman–Crippen MR) is 85.5 cm³/mol. The summed E-state index contributed by atoms with van der Waals surface area (Å²) in [6.07, 6.45) is 3.12. The number of amides is 1. The molecule has 0 unspecified atom stereocenters. The second kappa shape index (κ2) is 5.15. The monoisotopic (exact) mass is 289 g/mol. The van der Waals surface area contributed by atoms with Gasteiger partial charge in [0.05, 0.1) is 17.6 Å². The van der Waals surface area contributed by atoms with Crippen LogP contribution in [0.15, 0.2) is 66.9 Å². The van der Waals surface area contributed by atoms with E-state index < -0.39 is 0 Å². The van der Waals surface area contributed by atoms with Crippen molar-refractivity contribution in [2.24, 2.45) is 0 Å². The van der Waals surface area contributed by atoms with Crippen LogP contribution in [0.5, 0.6) is 0 Å². The largest absolute Gasteiger partial charge is 0.274 e. The summed E-state index contributed by atoms with van der Waals surface area (Å²) in [5.74, 6) is 0.963. The van der Waals surface area contributed by atoms with Crippen LogP contribution in [0.3, 0.4) is 0 Å². The molecule has 2 heterocycles. The maximum atomic E-state index is 12.5. The number of rotatable bonds is 2. The number of hydrogen-bond donors (Lipinski definition) is 0. The normalized spacial score (nSPS) is 14.0. The van der Waals surface area contributed by atoms with Crippen LogP contribution in [0.1, 0.15) is 12.0 Å². The highest BCUT2D eigenvalue weighted by molar-refractivity contribution is 6.02. The second-order valence-corrected chi connectivity index (χ2v) is 5.31. The summed E-state index contributed by atoms with van der Waals surface area (Å²) in [5, 5.41) is 4.50. The molecule has 0 bridgehead atoms. The van der Waals surface area contributed by atoms with Crippen LogP contribution in [0.4, 0.5) is 11.5 Å². The standard InChI is InChI=1S/C18H15N3O/c22-17-12-11-14-13-19-21(16-9-5-2-6-10-16)18(14)20(17)15-7-3-1-4-8-15/h1-10,13H,11-12H2. The van der Waals surface area contributed by atoms with Gasteiger partial charge in [0.1, 0.15) is 5.82 Å². The molecular weight excluding hydrogens is 274 g/mol. The third kappa shape index (κ3) is 2.00. The van der Waals surface area contributed by atoms with E-state index in [2.05, 4.69) is 5.10 Å². The average Bonchev–Trinajstić information content (AvgIpc) is 3.00. The fraction of sp³-hybridized carbons (Fsp3) is 0.111. The Labute approximate surface area is 128 Å². The van der Waals surface area contributed by atoms with E-state index in [1.54, 1.807) is 4.90 Å². The van der Waals surface area contributed by atoms with Crippen molar-refractivity contribution in [1.29, 1.82) is 0 Å². The Morgan fingerprint density at radius 1 is 0.818 bits per heavy atom. The molecule has 1 aliphatic heterocycles. The first-order valence-corrected chi connectivity index (χ1v) is 7.35. The molecule has 0 saturated heterocycles. The highest BCUT2D eigenvalue weighted by Gasteiger charge is 2.29. The lowest BCUT2D eigenvalue weighted by Gasteiger charge is -2.28. The number of hydrogen-bond acceptors (Lipinski definition) is 2. The van der Waals surface area contributed by atoms with E-state index in [0.717, 1.165) is 29.2 Å². The van der Waals surface area contributed by atoms with Crippen LogP contribution < -0.4 is 4.90 Å². The summed E-state index contributed by atoms with van der Waals surface area (Å²) in [4.78, 5) is 14.3. The molecule has 0 atom stereocenters. The molecule has 108 valence electrons. The summed E-state index contributed by atoms with van der Waals surface area (Å²) < 4.78 is 1.85. The summed E-state index contributed by atoms with van der Waals surface area (Å²) in [7, 11) is 0. The maximum Gasteiger partial charge on any atom is 0.233 e. The minimum atomic E-state index is 0.108. The Morgan fingerprint density at radius 3 is 2.14 bits per heavy atom. The van der Waals surface area contributed by atoms with Gasteiger partial charge in [0.2, 0.25) is 5.91 Å². The average molecular weight is 289 g/mol. The maximum absolute atomic E-state index is 12.5. The van der Waals surface area contributed by atoms with Crippen molar-refractivity contribution in [1.82, 2.24) is 9.78 Å². The lowest BCUT2D eigenvalue weighted by atomic mass is 10.1. The molecule has 2 aromatic carbocycles. The minimum Gasteiger partial charge on any atom is -0.274 e. The van der Waals surface area contributed by atoms with E-state index in [1.165, 1.54) is 0 Å². The van der Waals surface area contributed by atoms with Crippen molar-refractivity contribution in [2.45, 2.75) is 12.8 Å². The number of carbonyl (C=O) groups excluding carboxylic acids is 1. The number of nitrogens with zero attached hydrogens (tertiary/aromatic N) is 3. The minimum absolute atomic E-state index is 0.108. The molecule has 22 heavy (non-hydrogen) atoms. The quantitative estimate of drug-likeness (QED) is 0.724. The van der Waals surface area contributed by atoms with Crippen molar-refractivity contribution in [3.63, 3.8) is 0 Å². The van der Waals surface area contributed by atoms with Crippen LogP contribution in [-0.4, -0.2) is 15.7 Å². The number of aryl methyl sites for hydroxylation is 1. The first-order valence-electron chi connectivity index (χ1n) is 7.35. The van der Waals surface area contributed by atoms with Gasteiger partial charge in [-0.2, -0.15) is 5.10 Å². The molecule has 1 amide bonds. The van der Waals surface area contributed by atoms with E-state index in [1.807, 2.05) is 71.5 Å². The number of fused-ring (bicyclic) bond motifs is 1. The Hall–Kier alpha value is -2.88. The third-order valence-corrected chi connectivity index (χ3v) is 3.90. The van der Waals surface area contributed by atoms with Crippen molar-refractivity contribution in [3.8, 4) is 5.69 Å². The highest BCUT2D eigenvalue weighted by atomic mass is 16.2. The van der Waals surface area contributed by atoms with Gasteiger partial charge in [-0.05, 0) is 30.7 Å². The molecule has 3 aromatic rings. The smallest absolute Gasteiger partial charge is 0.233 e. The number of carbonyl (C=O) groups is 1. The number of para-hydroxylation sites is 2. The molecule has 0 N–H and O–H groups in total. The van der Waals surface area contributed by atoms with Gasteiger partial charge in [-0.15, -0.1) is 0 Å². The van der Waals surface area contributed by atoms with Gasteiger partial charge in [0.15, 0.2) is 0 Å². The zero-order chi connectivity index (χ0) is 14.9. The summed E-state index contributed by atoms with van der Waals surface area (Å²) in [6.45, 7) is 0. The Kier molecular flexibility index (Phi) is 3.00. The van der Waals surface area contributed by atoms with Gasteiger partial charge in [-0.3, -0.25) is 9.69 Å². The lowest BCUT2D eigenvalue weighted by Crippen LogP contribution is -2.32. The van der Waals surface area contributed by atoms with Crippen LogP contribution >= 0.6 is 0 Å². The van der Waals surface area contributed by atoms with Crippen LogP contribution in [0.25, 0.3) is 5.69 Å². The fourth-order valence-electron chi connectivity index (χ4n) is 2.86. The van der Waals surface area contributed by atoms with E-state index in [4.69, 9.17) is 0 Å². The van der Waals surface area contributed by atoms with Gasteiger partial charge < -0.3 is 0 Å². The second-order valence-electron chi connectivity index (χ2n) is 5.31. The molecule has 4 heteroatoms. The third-order valence-electron chi connectivity index (χ3n) is 3.90. The van der Waals surface area contributed by atoms with E-state index in [9.17, 15) is 4.79 Å². The van der Waals surface area contributed by atoms with Crippen LogP contribution in [0, 0.1) is 0 Å². The molecule has 0 fully saturated rings. The van der Waals surface area contributed by atoms with Crippen molar-refractivity contribution in [2.75, 3.05) is 4.90 Å². The van der Waals surface area contributed by atoms with Crippen LogP contribution in [0.2, 0.25) is 0 Å². The molecule has 4 rings (SSSR count). The number of benzene rings is 2. The van der Waals surface area contributed by atoms with Crippen molar-refractivity contribution >= 4 is 17.4 Å². The van der Waals surface area contributed by atoms with E-state index in [0.29, 0.717) is 6.42 Å². The van der Waals surface area contributed by atoms with Gasteiger partial charge in [0.25, 0.3) is 0 Å². The zero-order valence-electron chi connectivity index (χ0n) is 12.0. The van der Waals surface area contributed by atoms with Gasteiger partial charge in [-0.25, -0.2) is 4.68 Å². The summed E-state index contributed by atoms with van der Waals surface area (Å²) in [5.41, 5.74) is 2.94. The summed E-state index contributed by atoms with van der Waals surface area (Å²) in [6, 6.07) is 19.7. The van der Waals surface area contributed by atoms with E-state index >= 15 is 0 Å². The van der Waals surface area contributed by atoms with Crippen LogP contribution in [-0.2, 0) is 11.2 Å². The molecule has 0 spiro atoms. The highest BCUT2D eigenvalue weighted by Crippen LogP contribution is 2.35. The Balaban J connectivity index is 1.91. The fourth-order valence-corrected chi connectivity index (χ4v) is 2.86. The molecule has 0 radical (unpaired) electrons. The molecule has 4 nitrogen and oxygen atoms in total. The molecule has 1 aromatic heterocycles. The Morgan fingerprint density at radius 2 is 1.45 bits per heavy atom. The van der Waals surface area contributed by atoms with Gasteiger partial charge in [0, 0.05) is 12.0 Å². The number of anilines is 2. The molecule has 0 aliphatic carbocycles. The van der Waals surface area contributed by atoms with Gasteiger partial charge in [-0.1, -0.05) is 36.4 Å². The predicted octanol–water partition coefficient (Wildman–Crippen LogP) is 3.48. The van der Waals surface area contributed by atoms with E-state index in [-0.39, 0.29) is 5.91 Å². The Bertz CT molecular complexity index is 809. The van der Waals surface area contributed by atoms with Crippen molar-refractivity contribution < 1.29 is 4.79 Å². The zero-order valence-corrected chi connectivity index (χ0v) is 12.0. The van der Waals surface area contributed by atoms with Crippen molar-refractivity contribution in [3.05, 3.63) is 72.4 Å². The van der Waals surface area contributed by atoms with Gasteiger partial charge >= 0.3 is 0 Å². The lowest BCUT2D eigenvalue weighted by molar-refractivity contribution is -0.118. The topological polar surface area (TPSA) is 38.1 Å². The molecule has 1 aliphatic rings. The molecular formula is C18H15N3O. The molecule has 0 saturated carbocycles.